The molecule has 3 rings (SSSR count). The first-order chi connectivity index (χ1) is 11.6. The third-order valence-corrected chi connectivity index (χ3v) is 5.04. The molecule has 1 amide bonds. The van der Waals surface area contributed by atoms with Crippen LogP contribution in [0.4, 0.5) is 5.13 Å². The maximum Gasteiger partial charge on any atom is 0.271 e. The van der Waals surface area contributed by atoms with E-state index in [1.54, 1.807) is 5.38 Å². The lowest BCUT2D eigenvalue weighted by molar-refractivity contribution is 0.0929. The third kappa shape index (κ3) is 3.44. The lowest BCUT2D eigenvalue weighted by Crippen LogP contribution is -2.39. The van der Waals surface area contributed by atoms with Crippen LogP contribution in [0.5, 0.6) is 0 Å². The van der Waals surface area contributed by atoms with Gasteiger partial charge in [-0.25, -0.2) is 9.97 Å². The Morgan fingerprint density at radius 3 is 3.08 bits per heavy atom. The number of fused-ring (bicyclic) bond motifs is 1. The molecule has 0 aliphatic heterocycles. The smallest absolute Gasteiger partial charge is 0.271 e. The Bertz CT molecular complexity index is 724. The number of hydrogen-bond donors (Lipinski definition) is 3. The van der Waals surface area contributed by atoms with Crippen LogP contribution in [0, 0.1) is 6.92 Å². The standard InChI is InChI=1S/C16H23N5O2S/c1-3-17-16-20-13(9-24-16)15(23)19-11-4-5-14-12(8-11)18-10(2)21(14)6-7-22/h9,11,22H,3-8H2,1-2H3,(H,17,20)(H,19,23). The summed E-state index contributed by atoms with van der Waals surface area (Å²) < 4.78 is 2.08. The molecule has 3 N–H and O–H groups in total. The summed E-state index contributed by atoms with van der Waals surface area (Å²) in [5.74, 6) is 0.797. The zero-order valence-corrected chi connectivity index (χ0v) is 14.8. The van der Waals surface area contributed by atoms with E-state index < -0.39 is 0 Å². The molecule has 0 radical (unpaired) electrons. The van der Waals surface area contributed by atoms with Crippen molar-refractivity contribution in [1.29, 1.82) is 0 Å². The lowest BCUT2D eigenvalue weighted by Gasteiger charge is -2.23. The minimum absolute atomic E-state index is 0.0751. The normalized spacial score (nSPS) is 16.7. The van der Waals surface area contributed by atoms with Gasteiger partial charge in [0.2, 0.25) is 0 Å². The van der Waals surface area contributed by atoms with Gasteiger partial charge in [0.15, 0.2) is 5.13 Å². The predicted octanol–water partition coefficient (Wildman–Crippen LogP) is 1.36. The van der Waals surface area contributed by atoms with E-state index in [2.05, 4.69) is 25.2 Å². The molecule has 2 heterocycles. The van der Waals surface area contributed by atoms with Crippen molar-refractivity contribution in [3.8, 4) is 0 Å². The Labute approximate surface area is 145 Å². The van der Waals surface area contributed by atoms with Crippen molar-refractivity contribution in [2.45, 2.75) is 45.7 Å². The van der Waals surface area contributed by atoms with Gasteiger partial charge in [-0.1, -0.05) is 0 Å². The van der Waals surface area contributed by atoms with Gasteiger partial charge >= 0.3 is 0 Å². The first-order valence-electron chi connectivity index (χ1n) is 8.28. The first kappa shape index (κ1) is 16.9. The molecule has 1 atom stereocenters. The molecule has 1 aliphatic carbocycles. The van der Waals surface area contributed by atoms with E-state index in [1.807, 2.05) is 13.8 Å². The zero-order chi connectivity index (χ0) is 17.1. The molecule has 130 valence electrons. The molecule has 1 unspecified atom stereocenters. The van der Waals surface area contributed by atoms with Crippen LogP contribution in [0.3, 0.4) is 0 Å². The van der Waals surface area contributed by atoms with Gasteiger partial charge in [-0.3, -0.25) is 4.79 Å². The minimum atomic E-state index is -0.129. The van der Waals surface area contributed by atoms with Crippen LogP contribution in [0.15, 0.2) is 5.38 Å². The number of aromatic nitrogens is 3. The van der Waals surface area contributed by atoms with Gasteiger partial charge in [-0.05, 0) is 26.7 Å². The maximum absolute atomic E-state index is 12.4. The highest BCUT2D eigenvalue weighted by atomic mass is 32.1. The van der Waals surface area contributed by atoms with Gasteiger partial charge in [0, 0.05) is 36.6 Å². The quantitative estimate of drug-likeness (QED) is 0.732. The second-order valence-corrected chi connectivity index (χ2v) is 6.77. The Hall–Kier alpha value is -1.93. The fraction of sp³-hybridized carbons (Fsp3) is 0.562. The van der Waals surface area contributed by atoms with Gasteiger partial charge < -0.3 is 20.3 Å². The van der Waals surface area contributed by atoms with Gasteiger partial charge in [-0.15, -0.1) is 11.3 Å². The van der Waals surface area contributed by atoms with Crippen molar-refractivity contribution in [3.63, 3.8) is 0 Å². The Kier molecular flexibility index (Phi) is 5.15. The number of aliphatic hydroxyl groups excluding tert-OH is 1. The highest BCUT2D eigenvalue weighted by Gasteiger charge is 2.26. The number of nitrogens with one attached hydrogen (secondary N) is 2. The summed E-state index contributed by atoms with van der Waals surface area (Å²) in [5, 5.41) is 17.9. The molecule has 0 fully saturated rings. The summed E-state index contributed by atoms with van der Waals surface area (Å²) in [6.07, 6.45) is 2.46. The van der Waals surface area contributed by atoms with Gasteiger partial charge in [-0.2, -0.15) is 0 Å². The van der Waals surface area contributed by atoms with Crippen LogP contribution in [-0.2, 0) is 19.4 Å². The topological polar surface area (TPSA) is 92.1 Å². The number of imidazole rings is 1. The second kappa shape index (κ2) is 7.31. The Balaban J connectivity index is 1.65. The fourth-order valence-electron chi connectivity index (χ4n) is 3.15. The van der Waals surface area contributed by atoms with E-state index in [4.69, 9.17) is 0 Å². The minimum Gasteiger partial charge on any atom is -0.395 e. The Morgan fingerprint density at radius 1 is 1.50 bits per heavy atom. The highest BCUT2D eigenvalue weighted by Crippen LogP contribution is 2.23. The summed E-state index contributed by atoms with van der Waals surface area (Å²) >= 11 is 1.44. The van der Waals surface area contributed by atoms with Crippen molar-refractivity contribution in [2.24, 2.45) is 0 Å². The number of nitrogens with zero attached hydrogens (tertiary/aromatic N) is 3. The SMILES string of the molecule is CCNc1nc(C(=O)NC2CCc3c(nc(C)n3CCO)C2)cs1. The number of aliphatic hydroxyl groups is 1. The van der Waals surface area contributed by atoms with Crippen LogP contribution in [-0.4, -0.2) is 44.7 Å². The average Bonchev–Trinajstić information content (AvgIpc) is 3.13. The van der Waals surface area contributed by atoms with Crippen molar-refractivity contribution >= 4 is 22.4 Å². The number of carbonyl (C=O) groups is 1. The molecule has 0 saturated carbocycles. The fourth-order valence-corrected chi connectivity index (χ4v) is 3.91. The van der Waals surface area contributed by atoms with Crippen LogP contribution in [0.25, 0.3) is 0 Å². The van der Waals surface area contributed by atoms with Crippen LogP contribution in [0.2, 0.25) is 0 Å². The van der Waals surface area contributed by atoms with Gasteiger partial charge in [0.1, 0.15) is 11.5 Å². The number of carbonyl (C=O) groups excluding carboxylic acids is 1. The van der Waals surface area contributed by atoms with E-state index >= 15 is 0 Å². The number of hydrogen-bond acceptors (Lipinski definition) is 6. The molecule has 1 aliphatic rings. The lowest BCUT2D eigenvalue weighted by atomic mass is 9.95. The molecule has 2 aromatic heterocycles. The molecular weight excluding hydrogens is 326 g/mol. The summed E-state index contributed by atoms with van der Waals surface area (Å²) in [5.41, 5.74) is 2.68. The molecule has 0 saturated heterocycles. The van der Waals surface area contributed by atoms with Gasteiger partial charge in [0.05, 0.1) is 12.3 Å². The van der Waals surface area contributed by atoms with Crippen LogP contribution < -0.4 is 10.6 Å². The number of aryl methyl sites for hydroxylation is 1. The molecule has 2 aromatic rings. The van der Waals surface area contributed by atoms with Crippen molar-refractivity contribution in [2.75, 3.05) is 18.5 Å². The van der Waals surface area contributed by atoms with Gasteiger partial charge in [0.25, 0.3) is 5.91 Å². The van der Waals surface area contributed by atoms with E-state index in [0.717, 1.165) is 42.5 Å². The molecule has 7 nitrogen and oxygen atoms in total. The van der Waals surface area contributed by atoms with E-state index in [-0.39, 0.29) is 18.6 Å². The molecule has 0 aromatic carbocycles. The van der Waals surface area contributed by atoms with Crippen molar-refractivity contribution < 1.29 is 9.90 Å². The number of anilines is 1. The summed E-state index contributed by atoms with van der Waals surface area (Å²) in [4.78, 5) is 21.3. The van der Waals surface area contributed by atoms with E-state index in [1.165, 1.54) is 17.0 Å². The largest absolute Gasteiger partial charge is 0.395 e. The summed E-state index contributed by atoms with van der Waals surface area (Å²) in [6.45, 7) is 5.44. The van der Waals surface area contributed by atoms with Crippen molar-refractivity contribution in [3.05, 3.63) is 28.3 Å². The van der Waals surface area contributed by atoms with E-state index in [0.29, 0.717) is 12.2 Å². The van der Waals surface area contributed by atoms with Crippen molar-refractivity contribution in [1.82, 2.24) is 19.9 Å². The van der Waals surface area contributed by atoms with E-state index in [9.17, 15) is 9.90 Å². The highest BCUT2D eigenvalue weighted by molar-refractivity contribution is 7.13. The second-order valence-electron chi connectivity index (χ2n) is 5.91. The Morgan fingerprint density at radius 2 is 2.33 bits per heavy atom. The zero-order valence-electron chi connectivity index (χ0n) is 14.0. The number of rotatable bonds is 6. The monoisotopic (exact) mass is 349 g/mol. The number of thiazole rings is 1. The van der Waals surface area contributed by atoms with Crippen LogP contribution in [0.1, 0.15) is 41.0 Å². The maximum atomic E-state index is 12.4. The average molecular weight is 349 g/mol. The molecule has 8 heteroatoms. The first-order valence-corrected chi connectivity index (χ1v) is 9.16. The molecule has 0 spiro atoms. The molecular formula is C16H23N5O2S. The number of amides is 1. The predicted molar refractivity (Wildman–Crippen MR) is 93.6 cm³/mol. The summed E-state index contributed by atoms with van der Waals surface area (Å²) in [7, 11) is 0. The van der Waals surface area contributed by atoms with Crippen LogP contribution >= 0.6 is 11.3 Å². The third-order valence-electron chi connectivity index (χ3n) is 4.24. The summed E-state index contributed by atoms with van der Waals surface area (Å²) in [6, 6.07) is 0.0751. The molecule has 24 heavy (non-hydrogen) atoms. The molecule has 0 bridgehead atoms.